The van der Waals surface area contributed by atoms with Crippen LogP contribution >= 0.6 is 0 Å². The van der Waals surface area contributed by atoms with Crippen molar-refractivity contribution in [1.29, 1.82) is 0 Å². The first kappa shape index (κ1) is 26.0. The Balaban J connectivity index is 1.04. The number of piperazine rings is 1. The van der Waals surface area contributed by atoms with Crippen molar-refractivity contribution < 1.29 is 13.5 Å². The predicted octanol–water partition coefficient (Wildman–Crippen LogP) is 2.06. The largest absolute Gasteiger partial charge is 0.374 e. The number of ether oxygens (including phenoxy) is 1. The molecule has 12 nitrogen and oxygen atoms in total. The van der Waals surface area contributed by atoms with Gasteiger partial charge in [-0.2, -0.15) is 18.9 Å². The van der Waals surface area contributed by atoms with Gasteiger partial charge in [0.2, 0.25) is 17.8 Å². The fourth-order valence-electron chi connectivity index (χ4n) is 4.67. The molecule has 0 unspecified atom stereocenters. The zero-order valence-electron chi connectivity index (χ0n) is 21.7. The van der Waals surface area contributed by atoms with E-state index in [1.54, 1.807) is 24.4 Å². The van der Waals surface area contributed by atoms with Gasteiger partial charge >= 0.3 is 5.92 Å². The summed E-state index contributed by atoms with van der Waals surface area (Å²) in [6, 6.07) is 7.67. The first-order chi connectivity index (χ1) is 19.5. The number of morpholine rings is 1. The van der Waals surface area contributed by atoms with Gasteiger partial charge in [0.25, 0.3) is 0 Å². The molecule has 0 saturated carbocycles. The van der Waals surface area contributed by atoms with Crippen LogP contribution in [0.5, 0.6) is 0 Å². The van der Waals surface area contributed by atoms with E-state index in [9.17, 15) is 8.78 Å². The van der Waals surface area contributed by atoms with Gasteiger partial charge in [-0.25, -0.2) is 19.9 Å². The maximum Gasteiger partial charge on any atom is 0.301 e. The minimum atomic E-state index is -3.16. The number of hydrogen-bond acceptors (Lipinski definition) is 11. The summed E-state index contributed by atoms with van der Waals surface area (Å²) in [4.78, 5) is 25.6. The number of hydrogen-bond donors (Lipinski definition) is 2. The van der Waals surface area contributed by atoms with Gasteiger partial charge < -0.3 is 25.2 Å². The van der Waals surface area contributed by atoms with Crippen LogP contribution in [0.15, 0.2) is 61.4 Å². The summed E-state index contributed by atoms with van der Waals surface area (Å²) in [5.74, 6) is -1.79. The minimum Gasteiger partial charge on any atom is -0.374 e. The van der Waals surface area contributed by atoms with Gasteiger partial charge in [-0.1, -0.05) is 30.3 Å². The first-order valence-electron chi connectivity index (χ1n) is 13.1. The molecule has 2 saturated heterocycles. The van der Waals surface area contributed by atoms with Gasteiger partial charge in [-0.15, -0.1) is 0 Å². The second kappa shape index (κ2) is 11.4. The lowest BCUT2D eigenvalue weighted by molar-refractivity contribution is 0.0161. The molecule has 1 atom stereocenters. The average Bonchev–Trinajstić information content (AvgIpc) is 3.44. The van der Waals surface area contributed by atoms with Crippen molar-refractivity contribution in [3.63, 3.8) is 0 Å². The van der Waals surface area contributed by atoms with Crippen molar-refractivity contribution in [3.8, 4) is 0 Å². The minimum absolute atomic E-state index is 0.0857. The fraction of sp³-hybridized carbons (Fsp3) is 0.385. The van der Waals surface area contributed by atoms with E-state index in [-0.39, 0.29) is 17.2 Å². The van der Waals surface area contributed by atoms with Gasteiger partial charge in [0.15, 0.2) is 0 Å². The Labute approximate surface area is 229 Å². The summed E-state index contributed by atoms with van der Waals surface area (Å²) in [7, 11) is 0. The Morgan fingerprint density at radius 1 is 0.925 bits per heavy atom. The van der Waals surface area contributed by atoms with Gasteiger partial charge in [-0.05, 0) is 0 Å². The monoisotopic (exact) mass is 549 g/mol. The molecule has 208 valence electrons. The summed E-state index contributed by atoms with van der Waals surface area (Å²) in [5, 5.41) is 10.9. The third-order valence-electron chi connectivity index (χ3n) is 6.83. The van der Waals surface area contributed by atoms with Crippen LogP contribution < -0.4 is 20.4 Å². The molecule has 4 aromatic rings. The molecule has 0 bridgehead atoms. The standard InChI is InChI=1S/C26H29F2N11O/c27-26(28,19-4-2-1-3-5-19)20-12-30-24(31-13-20)37-7-9-38(10-8-37)25-33-18-32-23(36-25)35-21-14-34-39(16-21)17-22-15-29-6-11-40-22/h1-5,12-14,16,18,22,29H,6-11,15,17H2,(H,32,33,35,36)/t22-/m0/s1. The molecule has 0 amide bonds. The van der Waals surface area contributed by atoms with Gasteiger partial charge in [0.05, 0.1) is 36.7 Å². The quantitative estimate of drug-likeness (QED) is 0.336. The third kappa shape index (κ3) is 5.82. The van der Waals surface area contributed by atoms with Crippen LogP contribution in [0.25, 0.3) is 0 Å². The molecule has 1 aromatic carbocycles. The van der Waals surface area contributed by atoms with Crippen LogP contribution in [-0.2, 0) is 17.2 Å². The molecule has 2 N–H and O–H groups in total. The van der Waals surface area contributed by atoms with Crippen molar-refractivity contribution >= 4 is 23.5 Å². The maximum atomic E-state index is 14.8. The van der Waals surface area contributed by atoms with Crippen LogP contribution in [0.3, 0.4) is 0 Å². The van der Waals surface area contributed by atoms with Crippen LogP contribution in [0.1, 0.15) is 11.1 Å². The van der Waals surface area contributed by atoms with Crippen LogP contribution in [0.4, 0.5) is 32.3 Å². The van der Waals surface area contributed by atoms with Crippen molar-refractivity contribution in [2.24, 2.45) is 0 Å². The molecule has 0 aliphatic carbocycles. The molecule has 0 radical (unpaired) electrons. The Morgan fingerprint density at radius 2 is 1.68 bits per heavy atom. The number of halogens is 2. The molecule has 0 spiro atoms. The second-order valence-corrected chi connectivity index (χ2v) is 9.57. The zero-order chi connectivity index (χ0) is 27.4. The Hall–Kier alpha value is -4.30. The normalized spacial score (nSPS) is 18.1. The van der Waals surface area contributed by atoms with Crippen molar-refractivity contribution in [2.45, 2.75) is 18.6 Å². The Morgan fingerprint density at radius 3 is 2.40 bits per heavy atom. The number of nitrogens with one attached hydrogen (secondary N) is 2. The van der Waals surface area contributed by atoms with E-state index in [1.165, 1.54) is 30.9 Å². The second-order valence-electron chi connectivity index (χ2n) is 9.57. The van der Waals surface area contributed by atoms with Crippen molar-refractivity contribution in [3.05, 3.63) is 72.6 Å². The molecule has 2 fully saturated rings. The summed E-state index contributed by atoms with van der Waals surface area (Å²) in [5.41, 5.74) is 0.437. The topological polar surface area (TPSA) is 122 Å². The van der Waals surface area contributed by atoms with E-state index in [2.05, 4.69) is 40.7 Å². The van der Waals surface area contributed by atoms with Crippen LogP contribution in [0.2, 0.25) is 0 Å². The van der Waals surface area contributed by atoms with Gasteiger partial charge in [0, 0.05) is 63.4 Å². The maximum absolute atomic E-state index is 14.8. The number of nitrogens with zero attached hydrogens (tertiary/aromatic N) is 9. The summed E-state index contributed by atoms with van der Waals surface area (Å²) < 4.78 is 37.2. The molecule has 14 heteroatoms. The van der Waals surface area contributed by atoms with E-state index in [0.717, 1.165) is 18.8 Å². The highest BCUT2D eigenvalue weighted by Crippen LogP contribution is 2.35. The van der Waals surface area contributed by atoms with E-state index in [1.807, 2.05) is 20.7 Å². The zero-order valence-corrected chi connectivity index (χ0v) is 21.7. The average molecular weight is 550 g/mol. The summed E-state index contributed by atoms with van der Waals surface area (Å²) >= 11 is 0. The van der Waals surface area contributed by atoms with Gasteiger partial charge in [0.1, 0.15) is 6.33 Å². The number of rotatable bonds is 8. The molecule has 6 rings (SSSR count). The van der Waals surface area contributed by atoms with E-state index >= 15 is 0 Å². The fourth-order valence-corrected chi connectivity index (χ4v) is 4.67. The molecular weight excluding hydrogens is 520 g/mol. The molecule has 3 aromatic heterocycles. The highest BCUT2D eigenvalue weighted by molar-refractivity contribution is 5.51. The van der Waals surface area contributed by atoms with Crippen molar-refractivity contribution in [1.82, 2.24) is 40.0 Å². The van der Waals surface area contributed by atoms with Crippen LogP contribution in [0, 0.1) is 0 Å². The Bertz CT molecular complexity index is 1390. The van der Waals surface area contributed by atoms with Crippen LogP contribution in [-0.4, -0.2) is 86.7 Å². The molecular formula is C26H29F2N11O. The predicted molar refractivity (Wildman–Crippen MR) is 144 cm³/mol. The molecule has 40 heavy (non-hydrogen) atoms. The van der Waals surface area contributed by atoms with Gasteiger partial charge in [-0.3, -0.25) is 4.68 Å². The Kier molecular flexibility index (Phi) is 7.42. The summed E-state index contributed by atoms with van der Waals surface area (Å²) in [6.07, 6.45) is 7.57. The number of benzene rings is 1. The number of alkyl halides is 2. The van der Waals surface area contributed by atoms with Crippen molar-refractivity contribution in [2.75, 3.05) is 61.0 Å². The third-order valence-corrected chi connectivity index (χ3v) is 6.83. The molecule has 5 heterocycles. The number of anilines is 4. The van der Waals surface area contributed by atoms with E-state index in [0.29, 0.717) is 57.2 Å². The first-order valence-corrected chi connectivity index (χ1v) is 13.1. The highest BCUT2D eigenvalue weighted by atomic mass is 19.3. The number of aromatic nitrogens is 7. The smallest absolute Gasteiger partial charge is 0.301 e. The lowest BCUT2D eigenvalue weighted by Gasteiger charge is -2.34. The SMILES string of the molecule is FC(F)(c1ccccc1)c1cnc(N2CCN(c3ncnc(Nc4cnn(C[C@@H]5CNCCO5)c4)n3)CC2)nc1. The highest BCUT2D eigenvalue weighted by Gasteiger charge is 2.35. The molecule has 2 aliphatic rings. The lowest BCUT2D eigenvalue weighted by atomic mass is 10.0. The lowest BCUT2D eigenvalue weighted by Crippen LogP contribution is -2.47. The summed E-state index contributed by atoms with van der Waals surface area (Å²) in [6.45, 7) is 5.44. The molecule has 2 aliphatic heterocycles. The van der Waals surface area contributed by atoms with E-state index in [4.69, 9.17) is 4.74 Å². The van der Waals surface area contributed by atoms with E-state index < -0.39 is 5.92 Å².